The highest BCUT2D eigenvalue weighted by atomic mass is 15.1. The number of nitrogens with zero attached hydrogens (tertiary/aromatic N) is 2. The summed E-state index contributed by atoms with van der Waals surface area (Å²) < 4.78 is 2.12. The molecule has 1 saturated carbocycles. The van der Waals surface area contributed by atoms with Gasteiger partial charge in [0.2, 0.25) is 0 Å². The van der Waals surface area contributed by atoms with Crippen molar-refractivity contribution in [1.82, 2.24) is 9.55 Å². The van der Waals surface area contributed by atoms with Crippen molar-refractivity contribution in [3.8, 4) is 0 Å². The lowest BCUT2D eigenvalue weighted by molar-refractivity contribution is 0.632. The fourth-order valence-corrected chi connectivity index (χ4v) is 2.86. The first-order chi connectivity index (χ1) is 8.24. The van der Waals surface area contributed by atoms with E-state index in [9.17, 15) is 0 Å². The number of aryl methyl sites for hydroxylation is 1. The van der Waals surface area contributed by atoms with Crippen LogP contribution in [0, 0.1) is 0 Å². The Morgan fingerprint density at radius 1 is 1.29 bits per heavy atom. The summed E-state index contributed by atoms with van der Waals surface area (Å²) in [6.45, 7) is 2.23. The summed E-state index contributed by atoms with van der Waals surface area (Å²) in [4.78, 5) is 4.80. The van der Waals surface area contributed by atoms with Crippen LogP contribution in [0.25, 0.3) is 0 Å². The van der Waals surface area contributed by atoms with Gasteiger partial charge in [-0.1, -0.05) is 32.6 Å². The van der Waals surface area contributed by atoms with Crippen LogP contribution < -0.4 is 5.73 Å². The average molecular weight is 235 g/mol. The smallest absolute Gasteiger partial charge is 0.126 e. The molecule has 1 aliphatic carbocycles. The van der Waals surface area contributed by atoms with Crippen molar-refractivity contribution in [3.05, 3.63) is 11.5 Å². The van der Waals surface area contributed by atoms with E-state index < -0.39 is 0 Å². The van der Waals surface area contributed by atoms with E-state index in [0.29, 0.717) is 5.92 Å². The fraction of sp³-hybridized carbons (Fsp3) is 0.786. The highest BCUT2D eigenvalue weighted by Crippen LogP contribution is 2.34. The topological polar surface area (TPSA) is 43.8 Å². The fourth-order valence-electron chi connectivity index (χ4n) is 2.86. The van der Waals surface area contributed by atoms with Gasteiger partial charge in [-0.15, -0.1) is 0 Å². The summed E-state index contributed by atoms with van der Waals surface area (Å²) in [5.41, 5.74) is 7.28. The van der Waals surface area contributed by atoms with Gasteiger partial charge < -0.3 is 10.3 Å². The summed E-state index contributed by atoms with van der Waals surface area (Å²) in [6.07, 6.45) is 10.1. The monoisotopic (exact) mass is 235 g/mol. The molecule has 3 heteroatoms. The molecule has 1 fully saturated rings. The van der Waals surface area contributed by atoms with Gasteiger partial charge in [0.1, 0.15) is 11.6 Å². The standard InChI is InChI=1S/C14H25N3/c1-3-4-5-10-12-13(15)17(2)14(16-12)11-8-6-7-9-11/h11H,3-10,15H2,1-2H3. The van der Waals surface area contributed by atoms with Crippen molar-refractivity contribution in [2.45, 2.75) is 64.2 Å². The van der Waals surface area contributed by atoms with Crippen molar-refractivity contribution >= 4 is 5.82 Å². The zero-order valence-electron chi connectivity index (χ0n) is 11.2. The normalized spacial score (nSPS) is 16.8. The molecule has 17 heavy (non-hydrogen) atoms. The van der Waals surface area contributed by atoms with Crippen molar-refractivity contribution in [1.29, 1.82) is 0 Å². The first-order valence-electron chi connectivity index (χ1n) is 7.05. The third-order valence-electron chi connectivity index (χ3n) is 3.99. The van der Waals surface area contributed by atoms with Gasteiger partial charge in [-0.2, -0.15) is 0 Å². The SMILES string of the molecule is CCCCCc1nc(C2CCCC2)n(C)c1N. The summed E-state index contributed by atoms with van der Waals surface area (Å²) in [6, 6.07) is 0. The van der Waals surface area contributed by atoms with Crippen LogP contribution in [0.2, 0.25) is 0 Å². The van der Waals surface area contributed by atoms with E-state index in [0.717, 1.165) is 17.9 Å². The van der Waals surface area contributed by atoms with Gasteiger partial charge in [0.15, 0.2) is 0 Å². The summed E-state index contributed by atoms with van der Waals surface area (Å²) in [5, 5.41) is 0. The molecule has 0 unspecified atom stereocenters. The van der Waals surface area contributed by atoms with Crippen LogP contribution in [0.5, 0.6) is 0 Å². The third kappa shape index (κ3) is 2.64. The minimum atomic E-state index is 0.655. The Morgan fingerprint density at radius 3 is 2.65 bits per heavy atom. The lowest BCUT2D eigenvalue weighted by Gasteiger charge is -2.08. The largest absolute Gasteiger partial charge is 0.384 e. The van der Waals surface area contributed by atoms with Crippen LogP contribution in [-0.4, -0.2) is 9.55 Å². The molecule has 1 aliphatic rings. The zero-order chi connectivity index (χ0) is 12.3. The average Bonchev–Trinajstić information content (AvgIpc) is 2.93. The number of aromatic nitrogens is 2. The number of anilines is 1. The minimum Gasteiger partial charge on any atom is -0.384 e. The quantitative estimate of drug-likeness (QED) is 0.795. The first-order valence-corrected chi connectivity index (χ1v) is 7.05. The predicted molar refractivity (Wildman–Crippen MR) is 72.1 cm³/mol. The Bertz CT molecular complexity index is 362. The lowest BCUT2D eigenvalue weighted by atomic mass is 10.1. The molecular formula is C14H25N3. The van der Waals surface area contributed by atoms with E-state index in [4.69, 9.17) is 10.7 Å². The van der Waals surface area contributed by atoms with E-state index in [1.807, 2.05) is 0 Å². The Balaban J connectivity index is 2.09. The van der Waals surface area contributed by atoms with Crippen molar-refractivity contribution in [3.63, 3.8) is 0 Å². The van der Waals surface area contributed by atoms with Crippen LogP contribution in [0.1, 0.15) is 69.3 Å². The van der Waals surface area contributed by atoms with Gasteiger partial charge in [-0.25, -0.2) is 4.98 Å². The molecule has 0 amide bonds. The Morgan fingerprint density at radius 2 is 2.00 bits per heavy atom. The number of hydrogen-bond acceptors (Lipinski definition) is 2. The van der Waals surface area contributed by atoms with E-state index >= 15 is 0 Å². The molecule has 0 atom stereocenters. The van der Waals surface area contributed by atoms with E-state index in [1.54, 1.807) is 0 Å². The van der Waals surface area contributed by atoms with Crippen molar-refractivity contribution in [2.75, 3.05) is 5.73 Å². The Kier molecular flexibility index (Phi) is 4.08. The lowest BCUT2D eigenvalue weighted by Crippen LogP contribution is -2.05. The second-order valence-corrected chi connectivity index (χ2v) is 5.30. The molecule has 0 spiro atoms. The Labute approximate surface area is 104 Å². The van der Waals surface area contributed by atoms with Gasteiger partial charge in [0.05, 0.1) is 5.69 Å². The molecule has 1 aromatic heterocycles. The summed E-state index contributed by atoms with van der Waals surface area (Å²) in [5.74, 6) is 2.77. The molecule has 0 aliphatic heterocycles. The molecule has 1 aromatic rings. The number of hydrogen-bond donors (Lipinski definition) is 1. The van der Waals surface area contributed by atoms with Gasteiger partial charge in [0, 0.05) is 13.0 Å². The number of imidazole rings is 1. The molecular weight excluding hydrogens is 210 g/mol. The maximum absolute atomic E-state index is 6.15. The van der Waals surface area contributed by atoms with Crippen LogP contribution in [0.3, 0.4) is 0 Å². The predicted octanol–water partition coefficient (Wildman–Crippen LogP) is 3.39. The van der Waals surface area contributed by atoms with Crippen LogP contribution >= 0.6 is 0 Å². The third-order valence-corrected chi connectivity index (χ3v) is 3.99. The van der Waals surface area contributed by atoms with Gasteiger partial charge in [0.25, 0.3) is 0 Å². The molecule has 2 rings (SSSR count). The maximum atomic E-state index is 6.15. The van der Waals surface area contributed by atoms with Crippen LogP contribution in [-0.2, 0) is 13.5 Å². The molecule has 96 valence electrons. The zero-order valence-corrected chi connectivity index (χ0v) is 11.2. The van der Waals surface area contributed by atoms with E-state index in [2.05, 4.69) is 18.5 Å². The summed E-state index contributed by atoms with van der Waals surface area (Å²) in [7, 11) is 2.07. The number of unbranched alkanes of at least 4 members (excludes halogenated alkanes) is 2. The maximum Gasteiger partial charge on any atom is 0.126 e. The highest BCUT2D eigenvalue weighted by Gasteiger charge is 2.23. The second-order valence-electron chi connectivity index (χ2n) is 5.30. The second kappa shape index (κ2) is 5.56. The van der Waals surface area contributed by atoms with Gasteiger partial charge >= 0.3 is 0 Å². The van der Waals surface area contributed by atoms with Gasteiger partial charge in [-0.05, 0) is 25.7 Å². The number of rotatable bonds is 5. The van der Waals surface area contributed by atoms with Crippen LogP contribution in [0.4, 0.5) is 5.82 Å². The Hall–Kier alpha value is -0.990. The minimum absolute atomic E-state index is 0.655. The molecule has 0 aromatic carbocycles. The van der Waals surface area contributed by atoms with Gasteiger partial charge in [-0.3, -0.25) is 0 Å². The number of nitrogens with two attached hydrogens (primary N) is 1. The highest BCUT2D eigenvalue weighted by molar-refractivity contribution is 5.38. The van der Waals surface area contributed by atoms with Crippen molar-refractivity contribution < 1.29 is 0 Å². The molecule has 0 radical (unpaired) electrons. The molecule has 3 nitrogen and oxygen atoms in total. The van der Waals surface area contributed by atoms with E-state index in [-0.39, 0.29) is 0 Å². The summed E-state index contributed by atoms with van der Waals surface area (Å²) >= 11 is 0. The van der Waals surface area contributed by atoms with Crippen molar-refractivity contribution in [2.24, 2.45) is 7.05 Å². The van der Waals surface area contributed by atoms with E-state index in [1.165, 1.54) is 50.8 Å². The molecule has 2 N–H and O–H groups in total. The molecule has 0 bridgehead atoms. The first kappa shape index (κ1) is 12.5. The molecule has 1 heterocycles. The number of nitrogen functional groups attached to an aromatic ring is 1. The van der Waals surface area contributed by atoms with Crippen LogP contribution in [0.15, 0.2) is 0 Å². The molecule has 0 saturated heterocycles.